The largest absolute Gasteiger partial charge is 0.449 e. The van der Waals surface area contributed by atoms with E-state index in [1.165, 1.54) is 0 Å². The third kappa shape index (κ3) is 8.55. The molecule has 0 spiro atoms. The van der Waals surface area contributed by atoms with Gasteiger partial charge in [0.05, 0.1) is 12.7 Å². The van der Waals surface area contributed by atoms with E-state index in [9.17, 15) is 14.4 Å². The number of nitriles is 1. The van der Waals surface area contributed by atoms with Gasteiger partial charge < -0.3 is 20.3 Å². The molecule has 2 rings (SSSR count). The van der Waals surface area contributed by atoms with Crippen molar-refractivity contribution >= 4 is 23.6 Å². The number of carbonyl (C=O) groups excluding carboxylic acids is 3. The number of likely N-dealkylation sites (tertiary alicyclic amines) is 1. The first kappa shape index (κ1) is 25.1. The maximum absolute atomic E-state index is 12.6. The molecule has 32 heavy (non-hydrogen) atoms. The highest BCUT2D eigenvalue weighted by molar-refractivity contribution is 5.98. The highest BCUT2D eigenvalue weighted by atomic mass is 16.5. The topological polar surface area (TPSA) is 124 Å². The van der Waals surface area contributed by atoms with Crippen molar-refractivity contribution in [1.82, 2.24) is 15.5 Å². The molecule has 3 amide bonds. The van der Waals surface area contributed by atoms with Gasteiger partial charge in [-0.15, -0.1) is 0 Å². The van der Waals surface area contributed by atoms with Gasteiger partial charge in [-0.3, -0.25) is 14.9 Å². The molecule has 0 saturated carbocycles. The minimum atomic E-state index is -0.734. The number of amides is 3. The van der Waals surface area contributed by atoms with Crippen LogP contribution in [-0.4, -0.2) is 62.1 Å². The zero-order chi connectivity index (χ0) is 23.5. The van der Waals surface area contributed by atoms with Crippen LogP contribution in [0.1, 0.15) is 43.5 Å². The molecule has 2 atom stereocenters. The van der Waals surface area contributed by atoms with Crippen molar-refractivity contribution in [1.29, 1.82) is 5.26 Å². The van der Waals surface area contributed by atoms with E-state index in [0.29, 0.717) is 30.2 Å². The lowest BCUT2D eigenvalue weighted by atomic mass is 10.00. The van der Waals surface area contributed by atoms with E-state index in [2.05, 4.69) is 27.9 Å². The summed E-state index contributed by atoms with van der Waals surface area (Å²) >= 11 is 0. The standard InChI is InChI=1S/C23H33N5O4/c1-16(2)13-20(22(30)25-11-10-24)27-21(29)18-6-8-19(9-7-18)26-23(31)32-15-17-5-4-12-28(3)14-17/h6-9,16-17,20H,4-5,11-15H2,1-3H3,(H,25,30)(H,26,31)(H,27,29). The molecule has 9 nitrogen and oxygen atoms in total. The van der Waals surface area contributed by atoms with Gasteiger partial charge in [-0.05, 0) is 63.0 Å². The summed E-state index contributed by atoms with van der Waals surface area (Å²) < 4.78 is 5.34. The smallest absolute Gasteiger partial charge is 0.411 e. The Balaban J connectivity index is 1.86. The zero-order valence-corrected chi connectivity index (χ0v) is 19.0. The fraction of sp³-hybridized carbons (Fsp3) is 0.565. The Morgan fingerprint density at radius 1 is 1.25 bits per heavy atom. The van der Waals surface area contributed by atoms with Gasteiger partial charge in [-0.2, -0.15) is 5.26 Å². The van der Waals surface area contributed by atoms with Crippen molar-refractivity contribution in [3.63, 3.8) is 0 Å². The molecular formula is C23H33N5O4. The molecule has 1 aromatic carbocycles. The number of benzene rings is 1. The van der Waals surface area contributed by atoms with Gasteiger partial charge in [0.25, 0.3) is 5.91 Å². The van der Waals surface area contributed by atoms with Crippen LogP contribution in [0.2, 0.25) is 0 Å². The molecule has 0 aromatic heterocycles. The monoisotopic (exact) mass is 443 g/mol. The number of ether oxygens (including phenoxy) is 1. The highest BCUT2D eigenvalue weighted by Crippen LogP contribution is 2.16. The van der Waals surface area contributed by atoms with Gasteiger partial charge in [0, 0.05) is 23.7 Å². The van der Waals surface area contributed by atoms with E-state index in [-0.39, 0.29) is 12.5 Å². The summed E-state index contributed by atoms with van der Waals surface area (Å²) in [6.45, 7) is 6.15. The summed E-state index contributed by atoms with van der Waals surface area (Å²) in [5, 5.41) is 16.5. The van der Waals surface area contributed by atoms with Crippen LogP contribution in [0.3, 0.4) is 0 Å². The van der Waals surface area contributed by atoms with E-state index in [0.717, 1.165) is 25.9 Å². The molecule has 1 saturated heterocycles. The average molecular weight is 444 g/mol. The summed E-state index contributed by atoms with van der Waals surface area (Å²) in [5.41, 5.74) is 0.869. The van der Waals surface area contributed by atoms with Gasteiger partial charge in [0.1, 0.15) is 12.6 Å². The Bertz CT molecular complexity index is 819. The van der Waals surface area contributed by atoms with Crippen LogP contribution in [0.15, 0.2) is 24.3 Å². The zero-order valence-electron chi connectivity index (χ0n) is 19.0. The van der Waals surface area contributed by atoms with Gasteiger partial charge in [-0.25, -0.2) is 4.79 Å². The molecule has 9 heteroatoms. The van der Waals surface area contributed by atoms with Crippen molar-refractivity contribution in [2.45, 2.75) is 39.2 Å². The van der Waals surface area contributed by atoms with Crippen LogP contribution in [-0.2, 0) is 9.53 Å². The molecule has 0 bridgehead atoms. The van der Waals surface area contributed by atoms with Crippen LogP contribution in [0.5, 0.6) is 0 Å². The lowest BCUT2D eigenvalue weighted by Crippen LogP contribution is -2.47. The van der Waals surface area contributed by atoms with Gasteiger partial charge in [0.2, 0.25) is 5.91 Å². The van der Waals surface area contributed by atoms with E-state index < -0.39 is 23.9 Å². The second-order valence-corrected chi connectivity index (χ2v) is 8.60. The Kier molecular flexibility index (Phi) is 9.95. The van der Waals surface area contributed by atoms with Crippen LogP contribution in [0.25, 0.3) is 0 Å². The van der Waals surface area contributed by atoms with Gasteiger partial charge >= 0.3 is 6.09 Å². The first-order valence-corrected chi connectivity index (χ1v) is 11.0. The lowest BCUT2D eigenvalue weighted by molar-refractivity contribution is -0.123. The second kappa shape index (κ2) is 12.7. The molecule has 1 aromatic rings. The first-order chi connectivity index (χ1) is 15.3. The third-order valence-electron chi connectivity index (χ3n) is 5.24. The first-order valence-electron chi connectivity index (χ1n) is 11.0. The Morgan fingerprint density at radius 3 is 2.59 bits per heavy atom. The highest BCUT2D eigenvalue weighted by Gasteiger charge is 2.22. The Hall–Kier alpha value is -3.12. The third-order valence-corrected chi connectivity index (χ3v) is 5.24. The van der Waals surface area contributed by atoms with Gasteiger partial charge in [-0.1, -0.05) is 13.8 Å². The number of rotatable bonds is 9. The summed E-state index contributed by atoms with van der Waals surface area (Å²) in [5.74, 6) is -0.272. The van der Waals surface area contributed by atoms with Gasteiger partial charge in [0.15, 0.2) is 0 Å². The number of carbonyl (C=O) groups is 3. The lowest BCUT2D eigenvalue weighted by Gasteiger charge is -2.29. The number of anilines is 1. The normalized spacial score (nSPS) is 17.2. The molecule has 1 heterocycles. The van der Waals surface area contributed by atoms with Crippen molar-refractivity contribution in [3.8, 4) is 6.07 Å². The molecular weight excluding hydrogens is 410 g/mol. The molecule has 3 N–H and O–H groups in total. The predicted molar refractivity (Wildman–Crippen MR) is 121 cm³/mol. The summed E-state index contributed by atoms with van der Waals surface area (Å²) in [6.07, 6.45) is 2.08. The molecule has 0 aliphatic carbocycles. The number of piperidine rings is 1. The van der Waals surface area contributed by atoms with Crippen LogP contribution in [0.4, 0.5) is 10.5 Å². The van der Waals surface area contributed by atoms with Crippen molar-refractivity contribution in [2.24, 2.45) is 11.8 Å². The molecule has 1 aliphatic rings. The Morgan fingerprint density at radius 2 is 1.97 bits per heavy atom. The fourth-order valence-electron chi connectivity index (χ4n) is 3.66. The number of hydrogen-bond acceptors (Lipinski definition) is 6. The molecule has 2 unspecified atom stereocenters. The summed E-state index contributed by atoms with van der Waals surface area (Å²) in [6, 6.07) is 7.48. The van der Waals surface area contributed by atoms with Crippen LogP contribution < -0.4 is 16.0 Å². The summed E-state index contributed by atoms with van der Waals surface area (Å²) in [7, 11) is 2.06. The quantitative estimate of drug-likeness (QED) is 0.504. The number of hydrogen-bond donors (Lipinski definition) is 3. The van der Waals surface area contributed by atoms with Crippen LogP contribution in [0, 0.1) is 23.2 Å². The van der Waals surface area contributed by atoms with Crippen molar-refractivity contribution < 1.29 is 19.1 Å². The maximum Gasteiger partial charge on any atom is 0.411 e. The minimum Gasteiger partial charge on any atom is -0.449 e. The molecule has 1 aliphatic heterocycles. The van der Waals surface area contributed by atoms with Crippen molar-refractivity contribution in [2.75, 3.05) is 38.6 Å². The summed E-state index contributed by atoms with van der Waals surface area (Å²) in [4.78, 5) is 39.1. The SMILES string of the molecule is CC(C)CC(NC(=O)c1ccc(NC(=O)OCC2CCCN(C)C2)cc1)C(=O)NCC#N. The van der Waals surface area contributed by atoms with E-state index in [1.54, 1.807) is 24.3 Å². The molecule has 1 fully saturated rings. The average Bonchev–Trinajstić information content (AvgIpc) is 2.75. The minimum absolute atomic E-state index is 0.114. The van der Waals surface area contributed by atoms with Crippen LogP contribution >= 0.6 is 0 Å². The number of nitrogens with zero attached hydrogens (tertiary/aromatic N) is 2. The van der Waals surface area contributed by atoms with Crippen molar-refractivity contribution in [3.05, 3.63) is 29.8 Å². The number of nitrogens with one attached hydrogen (secondary N) is 3. The molecule has 0 radical (unpaired) electrons. The Labute approximate surface area is 189 Å². The fourth-order valence-corrected chi connectivity index (χ4v) is 3.66. The predicted octanol–water partition coefficient (Wildman–Crippen LogP) is 2.36. The second-order valence-electron chi connectivity index (χ2n) is 8.60. The van der Waals surface area contributed by atoms with E-state index in [1.807, 2.05) is 19.9 Å². The maximum atomic E-state index is 12.6. The van der Waals surface area contributed by atoms with E-state index in [4.69, 9.17) is 10.00 Å². The molecule has 174 valence electrons. The van der Waals surface area contributed by atoms with E-state index >= 15 is 0 Å².